The molecule has 0 saturated heterocycles. The Morgan fingerprint density at radius 2 is 1.90 bits per heavy atom. The van der Waals surface area contributed by atoms with Crippen LogP contribution < -0.4 is 19.5 Å². The monoisotopic (exact) mass is 438 g/mol. The number of fused-ring (bicyclic) bond motifs is 1. The third kappa shape index (κ3) is 5.14. The highest BCUT2D eigenvalue weighted by Crippen LogP contribution is 2.43. The molecule has 2 aromatic carbocycles. The maximum Gasteiger partial charge on any atom is 0.416 e. The van der Waals surface area contributed by atoms with Crippen LogP contribution in [0.15, 0.2) is 42.5 Å². The summed E-state index contributed by atoms with van der Waals surface area (Å²) in [6.45, 7) is 1.74. The van der Waals surface area contributed by atoms with Gasteiger partial charge in [0.15, 0.2) is 5.75 Å². The molecule has 0 aliphatic heterocycles. The van der Waals surface area contributed by atoms with Gasteiger partial charge in [-0.25, -0.2) is 14.2 Å². The van der Waals surface area contributed by atoms with Gasteiger partial charge in [0.2, 0.25) is 5.75 Å². The third-order valence-electron chi connectivity index (χ3n) is 4.20. The molecule has 0 saturated carbocycles. The Hall–Kier alpha value is -3.56. The average Bonchev–Trinajstić information content (AvgIpc) is 2.72. The normalized spacial score (nSPS) is 11.3. The summed E-state index contributed by atoms with van der Waals surface area (Å²) in [6, 6.07) is 8.54. The largest absolute Gasteiger partial charge is 0.492 e. The standard InChI is InChI=1S/C21H18F4N2O4/c1-3-30-19-18(31-20(28)26-11-12-5-4-6-14(22)9-12)17(29-2)15-8-7-13(21(23,24)25)10-16(15)27-19/h4-10H,3,11H2,1-2H3,(H,26,28). The molecule has 164 valence electrons. The minimum atomic E-state index is -4.55. The second-order valence-electron chi connectivity index (χ2n) is 6.32. The van der Waals surface area contributed by atoms with E-state index >= 15 is 0 Å². The van der Waals surface area contributed by atoms with Crippen LogP contribution in [0.5, 0.6) is 17.4 Å². The van der Waals surface area contributed by atoms with Crippen LogP contribution in [0.3, 0.4) is 0 Å². The lowest BCUT2D eigenvalue weighted by Crippen LogP contribution is -2.26. The Morgan fingerprint density at radius 3 is 2.55 bits per heavy atom. The molecule has 3 rings (SSSR count). The molecule has 0 fully saturated rings. The summed E-state index contributed by atoms with van der Waals surface area (Å²) in [5, 5.41) is 2.66. The summed E-state index contributed by atoms with van der Waals surface area (Å²) in [6.07, 6.45) is -5.46. The van der Waals surface area contributed by atoms with E-state index in [1.165, 1.54) is 31.4 Å². The maximum absolute atomic E-state index is 13.3. The van der Waals surface area contributed by atoms with Crippen molar-refractivity contribution >= 4 is 17.0 Å². The summed E-state index contributed by atoms with van der Waals surface area (Å²) in [4.78, 5) is 16.4. The van der Waals surface area contributed by atoms with Gasteiger partial charge in [-0.15, -0.1) is 0 Å². The Balaban J connectivity index is 1.93. The lowest BCUT2D eigenvalue weighted by molar-refractivity contribution is -0.137. The molecule has 0 atom stereocenters. The zero-order valence-corrected chi connectivity index (χ0v) is 16.5. The first kappa shape index (κ1) is 22.1. The first-order valence-corrected chi connectivity index (χ1v) is 9.14. The van der Waals surface area contributed by atoms with E-state index in [1.807, 2.05) is 0 Å². The number of rotatable bonds is 6. The van der Waals surface area contributed by atoms with E-state index in [1.54, 1.807) is 13.0 Å². The number of halogens is 4. The van der Waals surface area contributed by atoms with Crippen LogP contribution in [0.25, 0.3) is 10.9 Å². The number of nitrogens with zero attached hydrogens (tertiary/aromatic N) is 1. The second kappa shape index (κ2) is 9.07. The van der Waals surface area contributed by atoms with Crippen molar-refractivity contribution in [3.8, 4) is 17.4 Å². The molecule has 10 heteroatoms. The lowest BCUT2D eigenvalue weighted by Gasteiger charge is -2.16. The summed E-state index contributed by atoms with van der Waals surface area (Å²) >= 11 is 0. The molecular formula is C21H18F4N2O4. The van der Waals surface area contributed by atoms with Crippen molar-refractivity contribution in [1.29, 1.82) is 0 Å². The fraction of sp³-hybridized carbons (Fsp3) is 0.238. The SMILES string of the molecule is CCOc1nc2cc(C(F)(F)F)ccc2c(OC)c1OC(=O)NCc1cccc(F)c1. The number of carbonyl (C=O) groups excluding carboxylic acids is 1. The van der Waals surface area contributed by atoms with Crippen molar-refractivity contribution in [3.63, 3.8) is 0 Å². The minimum absolute atomic E-state index is 0.0110. The van der Waals surface area contributed by atoms with E-state index in [0.717, 1.165) is 12.1 Å². The molecule has 1 heterocycles. The van der Waals surface area contributed by atoms with Crippen LogP contribution in [-0.4, -0.2) is 24.8 Å². The molecule has 0 radical (unpaired) electrons. The van der Waals surface area contributed by atoms with Gasteiger partial charge in [0.05, 0.1) is 24.8 Å². The van der Waals surface area contributed by atoms with Crippen LogP contribution in [0, 0.1) is 5.82 Å². The number of benzene rings is 2. The van der Waals surface area contributed by atoms with Gasteiger partial charge < -0.3 is 19.5 Å². The summed E-state index contributed by atoms with van der Waals surface area (Å²) in [7, 11) is 1.28. The van der Waals surface area contributed by atoms with Gasteiger partial charge in [0, 0.05) is 11.9 Å². The maximum atomic E-state index is 13.3. The quantitative estimate of drug-likeness (QED) is 0.543. The number of nitrogens with one attached hydrogen (secondary N) is 1. The predicted octanol–water partition coefficient (Wildman–Crippen LogP) is 5.09. The van der Waals surface area contributed by atoms with E-state index in [2.05, 4.69) is 10.3 Å². The van der Waals surface area contributed by atoms with Gasteiger partial charge in [-0.2, -0.15) is 13.2 Å². The predicted molar refractivity (Wildman–Crippen MR) is 104 cm³/mol. The number of aromatic nitrogens is 1. The topological polar surface area (TPSA) is 69.7 Å². The minimum Gasteiger partial charge on any atom is -0.492 e. The van der Waals surface area contributed by atoms with Crippen molar-refractivity contribution in [2.45, 2.75) is 19.6 Å². The van der Waals surface area contributed by atoms with Gasteiger partial charge >= 0.3 is 12.3 Å². The summed E-state index contributed by atoms with van der Waals surface area (Å²) in [5.74, 6) is -0.853. The van der Waals surface area contributed by atoms with E-state index in [0.29, 0.717) is 5.56 Å². The number of pyridine rings is 1. The summed E-state index contributed by atoms with van der Waals surface area (Å²) < 4.78 is 68.4. The van der Waals surface area contributed by atoms with Crippen molar-refractivity contribution in [1.82, 2.24) is 10.3 Å². The first-order chi connectivity index (χ1) is 14.7. The molecule has 1 amide bonds. The number of alkyl halides is 3. The van der Waals surface area contributed by atoms with Crippen LogP contribution in [0.4, 0.5) is 22.4 Å². The van der Waals surface area contributed by atoms with Crippen LogP contribution >= 0.6 is 0 Å². The van der Waals surface area contributed by atoms with E-state index < -0.39 is 23.7 Å². The molecule has 0 spiro atoms. The number of amides is 1. The Labute approximate surface area is 174 Å². The molecule has 0 aliphatic carbocycles. The molecular weight excluding hydrogens is 420 g/mol. The van der Waals surface area contributed by atoms with Gasteiger partial charge in [-0.3, -0.25) is 0 Å². The Morgan fingerprint density at radius 1 is 1.13 bits per heavy atom. The van der Waals surface area contributed by atoms with Crippen LogP contribution in [0.2, 0.25) is 0 Å². The zero-order chi connectivity index (χ0) is 22.6. The van der Waals surface area contributed by atoms with Gasteiger partial charge in [-0.05, 0) is 42.8 Å². The van der Waals surface area contributed by atoms with Gasteiger partial charge in [0.25, 0.3) is 5.88 Å². The fourth-order valence-corrected chi connectivity index (χ4v) is 2.85. The van der Waals surface area contributed by atoms with Crippen LogP contribution in [0.1, 0.15) is 18.1 Å². The highest BCUT2D eigenvalue weighted by atomic mass is 19.4. The van der Waals surface area contributed by atoms with Gasteiger partial charge in [0.1, 0.15) is 5.82 Å². The van der Waals surface area contributed by atoms with Gasteiger partial charge in [-0.1, -0.05) is 12.1 Å². The number of hydrogen-bond acceptors (Lipinski definition) is 5. The lowest BCUT2D eigenvalue weighted by atomic mass is 10.1. The van der Waals surface area contributed by atoms with Crippen molar-refractivity contribution in [2.24, 2.45) is 0 Å². The van der Waals surface area contributed by atoms with Crippen molar-refractivity contribution in [2.75, 3.05) is 13.7 Å². The van der Waals surface area contributed by atoms with Crippen LogP contribution in [-0.2, 0) is 12.7 Å². The van der Waals surface area contributed by atoms with Crippen molar-refractivity contribution in [3.05, 3.63) is 59.4 Å². The molecule has 0 bridgehead atoms. The molecule has 3 aromatic rings. The Bertz CT molecular complexity index is 1100. The fourth-order valence-electron chi connectivity index (χ4n) is 2.85. The molecule has 31 heavy (non-hydrogen) atoms. The highest BCUT2D eigenvalue weighted by molar-refractivity contribution is 5.90. The number of ether oxygens (including phenoxy) is 3. The molecule has 0 aliphatic rings. The summed E-state index contributed by atoms with van der Waals surface area (Å²) in [5.41, 5.74) is -0.425. The third-order valence-corrected chi connectivity index (χ3v) is 4.20. The van der Waals surface area contributed by atoms with E-state index in [-0.39, 0.29) is 41.4 Å². The van der Waals surface area contributed by atoms with E-state index in [9.17, 15) is 22.4 Å². The Kier molecular flexibility index (Phi) is 6.47. The first-order valence-electron chi connectivity index (χ1n) is 9.14. The molecule has 0 unspecified atom stereocenters. The van der Waals surface area contributed by atoms with Crippen molar-refractivity contribution < 1.29 is 36.6 Å². The number of methoxy groups -OCH3 is 1. The van der Waals surface area contributed by atoms with E-state index in [4.69, 9.17) is 14.2 Å². The second-order valence-corrected chi connectivity index (χ2v) is 6.32. The number of hydrogen-bond donors (Lipinski definition) is 1. The number of carbonyl (C=O) groups is 1. The zero-order valence-electron chi connectivity index (χ0n) is 16.5. The molecule has 1 aromatic heterocycles. The molecule has 6 nitrogen and oxygen atoms in total. The smallest absolute Gasteiger partial charge is 0.416 e. The average molecular weight is 438 g/mol. The molecule has 1 N–H and O–H groups in total. The highest BCUT2D eigenvalue weighted by Gasteiger charge is 2.31.